The molecule has 2 rings (SSSR count). The molecule has 1 aromatic carbocycles. The minimum absolute atomic E-state index is 0.418. The van der Waals surface area contributed by atoms with Gasteiger partial charge in [0, 0.05) is 22.3 Å². The van der Waals surface area contributed by atoms with Crippen LogP contribution in [0.25, 0.3) is 0 Å². The SMILES string of the molecule is Cc1ccc(Nc2ccsc2)c(C(N)=S)c1. The van der Waals surface area contributed by atoms with Gasteiger partial charge >= 0.3 is 0 Å². The van der Waals surface area contributed by atoms with Crippen LogP contribution in [0.15, 0.2) is 35.0 Å². The minimum Gasteiger partial charge on any atom is -0.389 e. The van der Waals surface area contributed by atoms with Crippen molar-refractivity contribution in [3.8, 4) is 0 Å². The zero-order valence-corrected chi connectivity index (χ0v) is 10.5. The Labute approximate surface area is 104 Å². The number of rotatable bonds is 3. The molecule has 0 unspecified atom stereocenters. The molecule has 0 saturated carbocycles. The Balaban J connectivity index is 2.36. The van der Waals surface area contributed by atoms with E-state index >= 15 is 0 Å². The Morgan fingerprint density at radius 1 is 1.38 bits per heavy atom. The number of benzene rings is 1. The van der Waals surface area contributed by atoms with E-state index in [-0.39, 0.29) is 0 Å². The van der Waals surface area contributed by atoms with E-state index in [0.29, 0.717) is 4.99 Å². The average molecular weight is 248 g/mol. The molecule has 82 valence electrons. The van der Waals surface area contributed by atoms with Crippen LogP contribution >= 0.6 is 23.6 Å². The van der Waals surface area contributed by atoms with Gasteiger partial charge < -0.3 is 11.1 Å². The topological polar surface area (TPSA) is 38.0 Å². The van der Waals surface area contributed by atoms with Crippen LogP contribution in [-0.4, -0.2) is 4.99 Å². The first-order valence-corrected chi connectivity index (χ1v) is 6.21. The van der Waals surface area contributed by atoms with Crippen molar-refractivity contribution in [3.63, 3.8) is 0 Å². The molecular formula is C12H12N2S2. The van der Waals surface area contributed by atoms with Gasteiger partial charge in [-0.2, -0.15) is 11.3 Å². The third kappa shape index (κ3) is 2.40. The summed E-state index contributed by atoms with van der Waals surface area (Å²) in [6.07, 6.45) is 0. The molecule has 0 fully saturated rings. The van der Waals surface area contributed by atoms with Gasteiger partial charge in [0.25, 0.3) is 0 Å². The van der Waals surface area contributed by atoms with Gasteiger partial charge in [-0.25, -0.2) is 0 Å². The van der Waals surface area contributed by atoms with Crippen molar-refractivity contribution < 1.29 is 0 Å². The molecule has 0 amide bonds. The largest absolute Gasteiger partial charge is 0.389 e. The van der Waals surface area contributed by atoms with Gasteiger partial charge in [0.05, 0.1) is 0 Å². The molecule has 0 aliphatic rings. The number of thiocarbonyl (C=S) groups is 1. The second-order valence-corrected chi connectivity index (χ2v) is 4.77. The molecule has 4 heteroatoms. The Morgan fingerprint density at radius 3 is 2.81 bits per heavy atom. The summed E-state index contributed by atoms with van der Waals surface area (Å²) in [6.45, 7) is 2.02. The summed E-state index contributed by atoms with van der Waals surface area (Å²) in [5.41, 5.74) is 9.76. The van der Waals surface area contributed by atoms with Crippen molar-refractivity contribution in [2.75, 3.05) is 5.32 Å². The third-order valence-corrected chi connectivity index (χ3v) is 3.14. The lowest BCUT2D eigenvalue weighted by Crippen LogP contribution is -2.12. The van der Waals surface area contributed by atoms with Crippen LogP contribution in [0.4, 0.5) is 11.4 Å². The maximum atomic E-state index is 5.71. The van der Waals surface area contributed by atoms with E-state index in [1.807, 2.05) is 41.9 Å². The summed E-state index contributed by atoms with van der Waals surface area (Å²) in [5, 5.41) is 7.37. The van der Waals surface area contributed by atoms with Crippen LogP contribution < -0.4 is 11.1 Å². The Bertz CT molecular complexity index is 504. The molecule has 0 radical (unpaired) electrons. The summed E-state index contributed by atoms with van der Waals surface area (Å²) in [6, 6.07) is 8.06. The zero-order chi connectivity index (χ0) is 11.5. The molecule has 2 nitrogen and oxygen atoms in total. The van der Waals surface area contributed by atoms with E-state index in [4.69, 9.17) is 18.0 Å². The highest BCUT2D eigenvalue weighted by Gasteiger charge is 2.05. The molecule has 2 aromatic rings. The van der Waals surface area contributed by atoms with Crippen molar-refractivity contribution in [3.05, 3.63) is 46.2 Å². The molecule has 0 atom stereocenters. The van der Waals surface area contributed by atoms with Gasteiger partial charge in [-0.15, -0.1) is 0 Å². The van der Waals surface area contributed by atoms with E-state index in [2.05, 4.69) is 5.32 Å². The summed E-state index contributed by atoms with van der Waals surface area (Å²) < 4.78 is 0. The summed E-state index contributed by atoms with van der Waals surface area (Å²) in [5.74, 6) is 0. The molecule has 0 bridgehead atoms. The fourth-order valence-corrected chi connectivity index (χ4v) is 2.22. The van der Waals surface area contributed by atoms with Gasteiger partial charge in [-0.05, 0) is 30.5 Å². The normalized spacial score (nSPS) is 10.1. The molecule has 3 N–H and O–H groups in total. The van der Waals surface area contributed by atoms with Crippen molar-refractivity contribution in [1.29, 1.82) is 0 Å². The molecule has 1 heterocycles. The maximum absolute atomic E-state index is 5.71. The fraction of sp³-hybridized carbons (Fsp3) is 0.0833. The number of aryl methyl sites for hydroxylation is 1. The predicted molar refractivity (Wildman–Crippen MR) is 74.7 cm³/mol. The minimum atomic E-state index is 0.418. The van der Waals surface area contributed by atoms with Crippen molar-refractivity contribution in [2.45, 2.75) is 6.92 Å². The summed E-state index contributed by atoms with van der Waals surface area (Å²) in [4.78, 5) is 0.418. The van der Waals surface area contributed by atoms with E-state index < -0.39 is 0 Å². The zero-order valence-electron chi connectivity index (χ0n) is 8.86. The molecule has 1 aromatic heterocycles. The number of nitrogens with one attached hydrogen (secondary N) is 1. The fourth-order valence-electron chi connectivity index (χ4n) is 1.46. The van der Waals surface area contributed by atoms with Gasteiger partial charge in [-0.1, -0.05) is 23.8 Å². The number of anilines is 2. The predicted octanol–water partition coefficient (Wildman–Crippen LogP) is 3.43. The lowest BCUT2D eigenvalue weighted by Gasteiger charge is -2.10. The van der Waals surface area contributed by atoms with Crippen LogP contribution in [0.1, 0.15) is 11.1 Å². The smallest absolute Gasteiger partial charge is 0.106 e. The highest BCUT2D eigenvalue weighted by Crippen LogP contribution is 2.23. The van der Waals surface area contributed by atoms with Crippen LogP contribution in [0.5, 0.6) is 0 Å². The van der Waals surface area contributed by atoms with Gasteiger partial charge in [0.15, 0.2) is 0 Å². The summed E-state index contributed by atoms with van der Waals surface area (Å²) in [7, 11) is 0. The highest BCUT2D eigenvalue weighted by atomic mass is 32.1. The Morgan fingerprint density at radius 2 is 2.19 bits per heavy atom. The van der Waals surface area contributed by atoms with Gasteiger partial charge in [-0.3, -0.25) is 0 Å². The molecule has 0 aliphatic heterocycles. The standard InChI is InChI=1S/C12H12N2S2/c1-8-2-3-11(10(6-8)12(13)15)14-9-4-5-16-7-9/h2-7,14H,1H3,(H2,13,15). The van der Waals surface area contributed by atoms with E-state index in [1.165, 1.54) is 0 Å². The first-order valence-electron chi connectivity index (χ1n) is 4.86. The third-order valence-electron chi connectivity index (χ3n) is 2.24. The first-order chi connectivity index (χ1) is 7.66. The van der Waals surface area contributed by atoms with Crippen molar-refractivity contribution in [2.24, 2.45) is 5.73 Å². The maximum Gasteiger partial charge on any atom is 0.106 e. The Kier molecular flexibility index (Phi) is 3.22. The van der Waals surface area contributed by atoms with Crippen LogP contribution in [0, 0.1) is 6.92 Å². The first kappa shape index (κ1) is 11.1. The van der Waals surface area contributed by atoms with Gasteiger partial charge in [0.2, 0.25) is 0 Å². The molecule has 0 spiro atoms. The monoisotopic (exact) mass is 248 g/mol. The number of hydrogen-bond donors (Lipinski definition) is 2. The van der Waals surface area contributed by atoms with Crippen LogP contribution in [0.3, 0.4) is 0 Å². The highest BCUT2D eigenvalue weighted by molar-refractivity contribution is 7.80. The number of hydrogen-bond acceptors (Lipinski definition) is 3. The molecule has 0 saturated heterocycles. The quantitative estimate of drug-likeness (QED) is 0.817. The van der Waals surface area contributed by atoms with Crippen LogP contribution in [0.2, 0.25) is 0 Å². The van der Waals surface area contributed by atoms with Crippen molar-refractivity contribution in [1.82, 2.24) is 0 Å². The van der Waals surface area contributed by atoms with Gasteiger partial charge in [0.1, 0.15) is 4.99 Å². The second-order valence-electron chi connectivity index (χ2n) is 3.55. The number of nitrogens with two attached hydrogens (primary N) is 1. The lowest BCUT2D eigenvalue weighted by molar-refractivity contribution is 1.44. The van der Waals surface area contributed by atoms with E-state index in [0.717, 1.165) is 22.5 Å². The second kappa shape index (κ2) is 4.63. The van der Waals surface area contributed by atoms with E-state index in [1.54, 1.807) is 11.3 Å². The van der Waals surface area contributed by atoms with Crippen molar-refractivity contribution >= 4 is 39.9 Å². The summed E-state index contributed by atoms with van der Waals surface area (Å²) >= 11 is 6.69. The van der Waals surface area contributed by atoms with E-state index in [9.17, 15) is 0 Å². The number of thiophene rings is 1. The lowest BCUT2D eigenvalue weighted by atomic mass is 10.1. The molecule has 0 aliphatic carbocycles. The Hall–Kier alpha value is -1.39. The molecular weight excluding hydrogens is 236 g/mol. The average Bonchev–Trinajstić information content (AvgIpc) is 2.73. The molecule has 16 heavy (non-hydrogen) atoms. The van der Waals surface area contributed by atoms with Crippen LogP contribution in [-0.2, 0) is 0 Å².